The lowest BCUT2D eigenvalue weighted by molar-refractivity contribution is -0.132. The van der Waals surface area contributed by atoms with Gasteiger partial charge in [0.25, 0.3) is 0 Å². The van der Waals surface area contributed by atoms with Gasteiger partial charge in [-0.05, 0) is 47.1 Å². The van der Waals surface area contributed by atoms with Gasteiger partial charge in [-0.15, -0.1) is 0 Å². The van der Waals surface area contributed by atoms with E-state index in [1.807, 2.05) is 53.7 Å². The molecule has 0 aliphatic carbocycles. The van der Waals surface area contributed by atoms with Crippen molar-refractivity contribution in [3.05, 3.63) is 35.4 Å². The fourth-order valence-corrected chi connectivity index (χ4v) is 1.61. The molecule has 1 rings (SSSR count). The number of hydrogen-bond acceptors (Lipinski definition) is 2. The van der Waals surface area contributed by atoms with Crippen LogP contribution in [0.2, 0.25) is 0 Å². The molecule has 0 fully saturated rings. The molecule has 3 heteroatoms. The number of carbonyl (C=O) groups is 1. The summed E-state index contributed by atoms with van der Waals surface area (Å²) in [6, 6.07) is 8.17. The van der Waals surface area contributed by atoms with E-state index in [1.165, 1.54) is 5.56 Å². The van der Waals surface area contributed by atoms with Crippen LogP contribution in [0, 0.1) is 12.3 Å². The molecule has 0 saturated heterocycles. The third-order valence-corrected chi connectivity index (χ3v) is 4.10. The Morgan fingerprint density at radius 1 is 1.16 bits per heavy atom. The number of benzene rings is 1. The van der Waals surface area contributed by atoms with E-state index in [0.29, 0.717) is 0 Å². The highest BCUT2D eigenvalue weighted by atomic mass is 16.2. The predicted molar refractivity (Wildman–Crippen MR) is 79.8 cm³/mol. The summed E-state index contributed by atoms with van der Waals surface area (Å²) < 4.78 is 0. The number of aryl methyl sites for hydroxylation is 1. The van der Waals surface area contributed by atoms with Crippen LogP contribution in [0.25, 0.3) is 0 Å². The van der Waals surface area contributed by atoms with Crippen LogP contribution >= 0.6 is 0 Å². The second-order valence-corrected chi connectivity index (χ2v) is 6.45. The van der Waals surface area contributed by atoms with Crippen LogP contribution in [0.5, 0.6) is 0 Å². The molecule has 0 heterocycles. The van der Waals surface area contributed by atoms with Crippen LogP contribution in [0.4, 0.5) is 0 Å². The van der Waals surface area contributed by atoms with E-state index < -0.39 is 11.0 Å². The van der Waals surface area contributed by atoms with Crippen LogP contribution in [0.15, 0.2) is 24.3 Å². The van der Waals surface area contributed by atoms with Gasteiger partial charge in [0, 0.05) is 5.54 Å². The zero-order valence-electron chi connectivity index (χ0n) is 12.9. The Labute approximate surface area is 116 Å². The molecule has 0 aliphatic heterocycles. The van der Waals surface area contributed by atoms with Gasteiger partial charge in [0.2, 0.25) is 5.91 Å². The van der Waals surface area contributed by atoms with Crippen molar-refractivity contribution in [2.45, 2.75) is 53.1 Å². The van der Waals surface area contributed by atoms with Crippen molar-refractivity contribution in [2.75, 3.05) is 0 Å². The molecule has 0 radical (unpaired) electrons. The minimum Gasteiger partial charge on any atom is -0.349 e. The molecule has 0 bridgehead atoms. The van der Waals surface area contributed by atoms with E-state index in [9.17, 15) is 4.79 Å². The Bertz CT molecular complexity index is 441. The molecular formula is C16H26N2O. The first-order valence-corrected chi connectivity index (χ1v) is 6.72. The van der Waals surface area contributed by atoms with E-state index in [0.717, 1.165) is 5.56 Å². The van der Waals surface area contributed by atoms with E-state index >= 15 is 0 Å². The van der Waals surface area contributed by atoms with Crippen LogP contribution in [0.3, 0.4) is 0 Å². The van der Waals surface area contributed by atoms with Crippen molar-refractivity contribution in [2.24, 2.45) is 11.1 Å². The number of nitrogens with two attached hydrogens (primary N) is 1. The summed E-state index contributed by atoms with van der Waals surface area (Å²) in [5, 5.41) is 3.04. The summed E-state index contributed by atoms with van der Waals surface area (Å²) in [6.45, 7) is 11.6. The topological polar surface area (TPSA) is 55.1 Å². The molecule has 1 aromatic rings. The maximum atomic E-state index is 12.4. The summed E-state index contributed by atoms with van der Waals surface area (Å²) in [5.41, 5.74) is 7.22. The van der Waals surface area contributed by atoms with Gasteiger partial charge >= 0.3 is 0 Å². The van der Waals surface area contributed by atoms with Gasteiger partial charge in [0.15, 0.2) is 0 Å². The summed E-state index contributed by atoms with van der Waals surface area (Å²) in [7, 11) is 0. The smallest absolute Gasteiger partial charge is 0.227 e. The molecule has 0 spiro atoms. The Hall–Kier alpha value is -1.35. The molecule has 1 aromatic carbocycles. The number of hydrogen-bond donors (Lipinski definition) is 2. The summed E-state index contributed by atoms with van der Waals surface area (Å²) >= 11 is 0. The third kappa shape index (κ3) is 3.57. The summed E-state index contributed by atoms with van der Waals surface area (Å²) in [4.78, 5) is 12.4. The molecular weight excluding hydrogens is 236 g/mol. The molecule has 0 saturated carbocycles. The van der Waals surface area contributed by atoms with Crippen molar-refractivity contribution in [3.63, 3.8) is 0 Å². The average molecular weight is 262 g/mol. The first-order chi connectivity index (χ1) is 8.55. The summed E-state index contributed by atoms with van der Waals surface area (Å²) in [5.74, 6) is -0.0203. The Morgan fingerprint density at radius 2 is 1.63 bits per heavy atom. The fraction of sp³-hybridized carbons (Fsp3) is 0.562. The standard InChI is InChI=1S/C16H26N2O/c1-11-7-9-13(10-8-11)12(2)18-14(19)15(3,4)16(5,6)17/h7-10,12H,17H2,1-6H3,(H,18,19)/t12-/m1/s1. The van der Waals surface area contributed by atoms with Crippen molar-refractivity contribution in [1.29, 1.82) is 0 Å². The lowest BCUT2D eigenvalue weighted by atomic mass is 9.74. The maximum Gasteiger partial charge on any atom is 0.227 e. The Balaban J connectivity index is 2.80. The van der Waals surface area contributed by atoms with Gasteiger partial charge in [-0.3, -0.25) is 4.79 Å². The largest absolute Gasteiger partial charge is 0.349 e. The molecule has 3 nitrogen and oxygen atoms in total. The molecule has 3 N–H and O–H groups in total. The number of nitrogens with one attached hydrogen (secondary N) is 1. The zero-order chi connectivity index (χ0) is 14.8. The molecule has 19 heavy (non-hydrogen) atoms. The zero-order valence-corrected chi connectivity index (χ0v) is 12.9. The minimum atomic E-state index is -0.619. The number of rotatable bonds is 4. The highest BCUT2D eigenvalue weighted by Gasteiger charge is 2.40. The number of amides is 1. The van der Waals surface area contributed by atoms with Crippen LogP contribution in [0.1, 0.15) is 51.8 Å². The van der Waals surface area contributed by atoms with Crippen molar-refractivity contribution in [1.82, 2.24) is 5.32 Å². The number of carbonyl (C=O) groups excluding carboxylic acids is 1. The monoisotopic (exact) mass is 262 g/mol. The Morgan fingerprint density at radius 3 is 2.05 bits per heavy atom. The molecule has 0 aliphatic rings. The highest BCUT2D eigenvalue weighted by Crippen LogP contribution is 2.29. The Kier molecular flexibility index (Phi) is 4.41. The third-order valence-electron chi connectivity index (χ3n) is 4.10. The predicted octanol–water partition coefficient (Wildman–Crippen LogP) is 2.94. The van der Waals surface area contributed by atoms with Crippen molar-refractivity contribution >= 4 is 5.91 Å². The van der Waals surface area contributed by atoms with E-state index in [4.69, 9.17) is 5.73 Å². The summed E-state index contributed by atoms with van der Waals surface area (Å²) in [6.07, 6.45) is 0. The normalized spacial score (nSPS) is 14.1. The van der Waals surface area contributed by atoms with Crippen LogP contribution in [-0.4, -0.2) is 11.4 Å². The second-order valence-electron chi connectivity index (χ2n) is 6.45. The van der Waals surface area contributed by atoms with Crippen LogP contribution in [-0.2, 0) is 4.79 Å². The van der Waals surface area contributed by atoms with Gasteiger partial charge in [-0.2, -0.15) is 0 Å². The second kappa shape index (κ2) is 5.33. The van der Waals surface area contributed by atoms with Gasteiger partial charge in [-0.25, -0.2) is 0 Å². The van der Waals surface area contributed by atoms with Gasteiger partial charge in [-0.1, -0.05) is 29.8 Å². The minimum absolute atomic E-state index is 0.0188. The van der Waals surface area contributed by atoms with E-state index in [2.05, 4.69) is 17.4 Å². The van der Waals surface area contributed by atoms with Gasteiger partial charge in [0.1, 0.15) is 0 Å². The van der Waals surface area contributed by atoms with E-state index in [-0.39, 0.29) is 11.9 Å². The van der Waals surface area contributed by atoms with Crippen molar-refractivity contribution in [3.8, 4) is 0 Å². The molecule has 1 amide bonds. The lowest BCUT2D eigenvalue weighted by Gasteiger charge is -2.37. The van der Waals surface area contributed by atoms with Crippen molar-refractivity contribution < 1.29 is 4.79 Å². The quantitative estimate of drug-likeness (QED) is 0.876. The SMILES string of the molecule is Cc1ccc([C@@H](C)NC(=O)C(C)(C)C(C)(C)N)cc1. The fourth-order valence-electron chi connectivity index (χ4n) is 1.61. The van der Waals surface area contributed by atoms with Crippen LogP contribution < -0.4 is 11.1 Å². The molecule has 1 atom stereocenters. The maximum absolute atomic E-state index is 12.4. The van der Waals surface area contributed by atoms with E-state index in [1.54, 1.807) is 0 Å². The lowest BCUT2D eigenvalue weighted by Crippen LogP contribution is -2.55. The molecule has 0 unspecified atom stereocenters. The van der Waals surface area contributed by atoms with Gasteiger partial charge < -0.3 is 11.1 Å². The highest BCUT2D eigenvalue weighted by molar-refractivity contribution is 5.83. The first kappa shape index (κ1) is 15.7. The molecule has 106 valence electrons. The van der Waals surface area contributed by atoms with Gasteiger partial charge in [0.05, 0.1) is 11.5 Å². The molecule has 0 aromatic heterocycles. The first-order valence-electron chi connectivity index (χ1n) is 6.72. The average Bonchev–Trinajstić information content (AvgIpc) is 2.28.